The molecule has 0 amide bonds. The molecule has 172 valence electrons. The van der Waals surface area contributed by atoms with E-state index in [1.54, 1.807) is 12.1 Å². The van der Waals surface area contributed by atoms with Crippen molar-refractivity contribution in [2.45, 2.75) is 44.3 Å². The Morgan fingerprint density at radius 1 is 0.971 bits per heavy atom. The summed E-state index contributed by atoms with van der Waals surface area (Å²) in [6.07, 6.45) is 7.93. The maximum atomic E-state index is 13.6. The number of nitrogens with zero attached hydrogens (tertiary/aromatic N) is 1. The number of carbonyl (C=O) groups excluding carboxylic acids is 2. The van der Waals surface area contributed by atoms with E-state index >= 15 is 0 Å². The highest BCUT2D eigenvalue weighted by atomic mass is 16.4. The van der Waals surface area contributed by atoms with Gasteiger partial charge in [-0.1, -0.05) is 37.1 Å². The number of hydrogen-bond donors (Lipinski definition) is 2. The van der Waals surface area contributed by atoms with Gasteiger partial charge in [0.2, 0.25) is 0 Å². The number of carboxylic acid groups (broad SMARTS) is 1. The zero-order valence-corrected chi connectivity index (χ0v) is 18.7. The van der Waals surface area contributed by atoms with E-state index in [9.17, 15) is 19.5 Å². The van der Waals surface area contributed by atoms with Crippen LogP contribution in [-0.4, -0.2) is 39.6 Å². The summed E-state index contributed by atoms with van der Waals surface area (Å²) in [6.45, 7) is 0.576. The van der Waals surface area contributed by atoms with Crippen molar-refractivity contribution in [3.05, 3.63) is 88.6 Å². The Labute approximate surface area is 198 Å². The Morgan fingerprint density at radius 2 is 1.74 bits per heavy atom. The van der Waals surface area contributed by atoms with Gasteiger partial charge < -0.3 is 15.3 Å². The van der Waals surface area contributed by atoms with Gasteiger partial charge in [0.05, 0.1) is 17.5 Å². The number of hydrogen-bond acceptors (Lipinski definition) is 5. The van der Waals surface area contributed by atoms with Crippen molar-refractivity contribution in [1.29, 1.82) is 0 Å². The molecule has 2 N–H and O–H groups in total. The van der Waals surface area contributed by atoms with E-state index in [1.807, 2.05) is 48.6 Å². The summed E-state index contributed by atoms with van der Waals surface area (Å²) in [4.78, 5) is 40.5. The number of fused-ring (bicyclic) bond motifs is 4. The maximum absolute atomic E-state index is 13.6. The first-order valence-electron chi connectivity index (χ1n) is 12.0. The van der Waals surface area contributed by atoms with Gasteiger partial charge in [-0.25, -0.2) is 4.79 Å². The van der Waals surface area contributed by atoms with E-state index in [1.165, 1.54) is 0 Å². The van der Waals surface area contributed by atoms with Gasteiger partial charge in [-0.15, -0.1) is 0 Å². The quantitative estimate of drug-likeness (QED) is 0.713. The first-order valence-corrected chi connectivity index (χ1v) is 12.0. The van der Waals surface area contributed by atoms with Crippen LogP contribution in [0, 0.1) is 11.8 Å². The fraction of sp³-hybridized carbons (Fsp3) is 0.321. The number of Topliss-reactive ketones (excluding diaryl/α,β-unsaturated/α-hetero) is 2. The summed E-state index contributed by atoms with van der Waals surface area (Å²) in [5, 5.41) is 12.7. The molecule has 6 heteroatoms. The van der Waals surface area contributed by atoms with Crippen LogP contribution in [0.4, 0.5) is 5.69 Å². The first-order chi connectivity index (χ1) is 16.5. The predicted octanol–water partition coefficient (Wildman–Crippen LogP) is 4.45. The number of para-hydroxylation sites is 1. The van der Waals surface area contributed by atoms with E-state index in [0.717, 1.165) is 42.6 Å². The number of aromatic carboxylic acids is 1. The summed E-state index contributed by atoms with van der Waals surface area (Å²) < 4.78 is 0. The molecule has 2 heterocycles. The van der Waals surface area contributed by atoms with E-state index < -0.39 is 5.97 Å². The molecule has 2 fully saturated rings. The molecule has 1 saturated carbocycles. The van der Waals surface area contributed by atoms with Gasteiger partial charge in [-0.3, -0.25) is 9.59 Å². The van der Waals surface area contributed by atoms with Gasteiger partial charge in [-0.05, 0) is 54.8 Å². The Morgan fingerprint density at radius 3 is 2.53 bits per heavy atom. The van der Waals surface area contributed by atoms with Crippen LogP contribution in [0.3, 0.4) is 0 Å². The highest BCUT2D eigenvalue weighted by Crippen LogP contribution is 2.45. The number of likely N-dealkylation sites (tertiary alicyclic amines) is 1. The number of carboxylic acids is 1. The molecule has 4 aliphatic rings. The smallest absolute Gasteiger partial charge is 0.335 e. The van der Waals surface area contributed by atoms with Crippen molar-refractivity contribution >= 4 is 23.2 Å². The number of anilines is 1. The highest BCUT2D eigenvalue weighted by molar-refractivity contribution is 6.09. The number of carbonyl (C=O) groups is 3. The number of ketones is 2. The van der Waals surface area contributed by atoms with E-state index in [2.05, 4.69) is 10.2 Å². The van der Waals surface area contributed by atoms with Gasteiger partial charge in [0, 0.05) is 41.0 Å². The van der Waals surface area contributed by atoms with E-state index in [0.29, 0.717) is 17.7 Å². The van der Waals surface area contributed by atoms with Crippen LogP contribution in [0.2, 0.25) is 0 Å². The van der Waals surface area contributed by atoms with Gasteiger partial charge in [0.25, 0.3) is 0 Å². The molecule has 2 aliphatic heterocycles. The average molecular weight is 455 g/mol. The third kappa shape index (κ3) is 3.28. The second-order valence-corrected chi connectivity index (χ2v) is 9.69. The Kier molecular flexibility index (Phi) is 4.90. The molecule has 1 saturated heterocycles. The van der Waals surface area contributed by atoms with Crippen molar-refractivity contribution < 1.29 is 19.5 Å². The molecule has 4 atom stereocenters. The number of benzene rings is 2. The molecule has 0 aromatic heterocycles. The van der Waals surface area contributed by atoms with Crippen molar-refractivity contribution in [3.8, 4) is 0 Å². The summed E-state index contributed by atoms with van der Waals surface area (Å²) in [5.41, 5.74) is 4.32. The standard InChI is InChI=1S/C28H26N2O4/c31-26-18-5-1-3-7-22(18)29-23-13-21-25(14-20(23)26)30(24-8-4-2-6-19(24)27(21)32)15-16-9-11-17(12-10-16)28(33)34/h1,3,5,7,9-14,19-20,23-24,29H,2,4,6,8,15H2,(H,33,34). The third-order valence-electron chi connectivity index (χ3n) is 7.76. The lowest BCUT2D eigenvalue weighted by atomic mass is 9.71. The monoisotopic (exact) mass is 454 g/mol. The molecule has 2 aromatic rings. The van der Waals surface area contributed by atoms with Crippen LogP contribution in [0.25, 0.3) is 0 Å². The fourth-order valence-electron chi connectivity index (χ4n) is 6.06. The van der Waals surface area contributed by atoms with Crippen LogP contribution >= 0.6 is 0 Å². The number of nitrogens with one attached hydrogen (secondary N) is 1. The van der Waals surface area contributed by atoms with Crippen LogP contribution in [0.1, 0.15) is 52.0 Å². The van der Waals surface area contributed by atoms with Crippen LogP contribution in [0.15, 0.2) is 72.0 Å². The zero-order valence-electron chi connectivity index (χ0n) is 18.7. The zero-order chi connectivity index (χ0) is 23.4. The molecule has 0 bridgehead atoms. The first kappa shape index (κ1) is 20.9. The molecule has 34 heavy (non-hydrogen) atoms. The molecule has 0 spiro atoms. The lowest BCUT2D eigenvalue weighted by Gasteiger charge is -2.49. The minimum atomic E-state index is -0.947. The second-order valence-electron chi connectivity index (χ2n) is 9.69. The molecule has 0 radical (unpaired) electrons. The third-order valence-corrected chi connectivity index (χ3v) is 7.76. The van der Waals surface area contributed by atoms with E-state index in [-0.39, 0.29) is 41.0 Å². The molecule has 6 nitrogen and oxygen atoms in total. The summed E-state index contributed by atoms with van der Waals surface area (Å²) in [5.74, 6) is -1.08. The van der Waals surface area contributed by atoms with Crippen LogP contribution < -0.4 is 5.32 Å². The van der Waals surface area contributed by atoms with Crippen molar-refractivity contribution in [3.63, 3.8) is 0 Å². The lowest BCUT2D eigenvalue weighted by molar-refractivity contribution is -0.124. The summed E-state index contributed by atoms with van der Waals surface area (Å²) >= 11 is 0. The van der Waals surface area contributed by atoms with Crippen molar-refractivity contribution in [2.75, 3.05) is 5.32 Å². The second kappa shape index (κ2) is 7.97. The number of allylic oxidation sites excluding steroid dienone is 1. The van der Waals surface area contributed by atoms with Crippen molar-refractivity contribution in [2.24, 2.45) is 11.8 Å². The highest BCUT2D eigenvalue weighted by Gasteiger charge is 2.47. The average Bonchev–Trinajstić information content (AvgIpc) is 2.86. The van der Waals surface area contributed by atoms with Crippen LogP contribution in [-0.2, 0) is 11.3 Å². The van der Waals surface area contributed by atoms with E-state index in [4.69, 9.17) is 0 Å². The van der Waals surface area contributed by atoms with Gasteiger partial charge in [0.1, 0.15) is 0 Å². The normalized spacial score (nSPS) is 27.4. The Hall–Kier alpha value is -3.67. The molecule has 2 aromatic carbocycles. The molecule has 4 unspecified atom stereocenters. The minimum absolute atomic E-state index is 0.0430. The predicted molar refractivity (Wildman–Crippen MR) is 128 cm³/mol. The maximum Gasteiger partial charge on any atom is 0.335 e. The number of rotatable bonds is 3. The molecular formula is C28H26N2O4. The Bertz CT molecular complexity index is 1260. The van der Waals surface area contributed by atoms with Crippen LogP contribution in [0.5, 0.6) is 0 Å². The number of piperidine rings is 1. The van der Waals surface area contributed by atoms with Gasteiger partial charge in [-0.2, -0.15) is 0 Å². The fourth-order valence-corrected chi connectivity index (χ4v) is 6.06. The largest absolute Gasteiger partial charge is 0.478 e. The summed E-state index contributed by atoms with van der Waals surface area (Å²) in [6, 6.07) is 14.3. The lowest BCUT2D eigenvalue weighted by Crippen LogP contribution is -2.52. The molecule has 6 rings (SSSR count). The topological polar surface area (TPSA) is 86.7 Å². The minimum Gasteiger partial charge on any atom is -0.478 e. The van der Waals surface area contributed by atoms with Gasteiger partial charge in [0.15, 0.2) is 11.6 Å². The molecular weight excluding hydrogens is 428 g/mol. The Balaban J connectivity index is 1.40. The summed E-state index contributed by atoms with van der Waals surface area (Å²) in [7, 11) is 0. The molecule has 2 aliphatic carbocycles. The van der Waals surface area contributed by atoms with Gasteiger partial charge >= 0.3 is 5.97 Å². The SMILES string of the molecule is O=C(O)c1ccc(CN2C3=CC4C(=O)c5ccccc5NC4C=C3C(=O)C3CCCCC32)cc1. The van der Waals surface area contributed by atoms with Crippen molar-refractivity contribution in [1.82, 2.24) is 4.90 Å².